The highest BCUT2D eigenvalue weighted by Crippen LogP contribution is 2.17. The van der Waals surface area contributed by atoms with Crippen LogP contribution in [0, 0.1) is 13.8 Å². The predicted molar refractivity (Wildman–Crippen MR) is 81.2 cm³/mol. The van der Waals surface area contributed by atoms with Crippen molar-refractivity contribution in [2.24, 2.45) is 5.73 Å². The van der Waals surface area contributed by atoms with Crippen LogP contribution in [0.25, 0.3) is 0 Å². The summed E-state index contributed by atoms with van der Waals surface area (Å²) in [5.41, 5.74) is 9.85. The molecule has 3 N–H and O–H groups in total. The highest BCUT2D eigenvalue weighted by molar-refractivity contribution is 5.78. The van der Waals surface area contributed by atoms with Gasteiger partial charge in [-0.1, -0.05) is 12.1 Å². The maximum atomic E-state index is 11.0. The van der Waals surface area contributed by atoms with Gasteiger partial charge >= 0.3 is 0 Å². The van der Waals surface area contributed by atoms with E-state index in [9.17, 15) is 4.79 Å². The van der Waals surface area contributed by atoms with Gasteiger partial charge < -0.3 is 10.5 Å². The molecule has 5 heteroatoms. The van der Waals surface area contributed by atoms with Crippen LogP contribution in [-0.2, 0) is 17.6 Å². The number of nitrogens with two attached hydrogens (primary N) is 1. The second-order valence-electron chi connectivity index (χ2n) is 5.22. The Kier molecular flexibility index (Phi) is 4.62. The van der Waals surface area contributed by atoms with E-state index in [0.29, 0.717) is 5.75 Å². The third-order valence-corrected chi connectivity index (χ3v) is 3.58. The number of H-pyrrole nitrogens is 1. The van der Waals surface area contributed by atoms with E-state index in [-0.39, 0.29) is 0 Å². The van der Waals surface area contributed by atoms with E-state index in [2.05, 4.69) is 10.2 Å². The van der Waals surface area contributed by atoms with Gasteiger partial charge in [0.15, 0.2) is 6.10 Å². The average Bonchev–Trinajstić information content (AvgIpc) is 2.77. The lowest BCUT2D eigenvalue weighted by molar-refractivity contribution is -0.123. The summed E-state index contributed by atoms with van der Waals surface area (Å²) in [6, 6.07) is 7.75. The molecule has 5 nitrogen and oxygen atoms in total. The molecule has 0 radical (unpaired) electrons. The molecule has 0 fully saturated rings. The van der Waals surface area contributed by atoms with E-state index in [4.69, 9.17) is 10.5 Å². The molecule has 0 bridgehead atoms. The maximum absolute atomic E-state index is 11.0. The maximum Gasteiger partial charge on any atom is 0.258 e. The molecule has 0 aliphatic carbocycles. The van der Waals surface area contributed by atoms with E-state index in [0.717, 1.165) is 24.2 Å². The Balaban J connectivity index is 1.95. The lowest BCUT2D eigenvalue weighted by Crippen LogP contribution is -2.30. The van der Waals surface area contributed by atoms with Gasteiger partial charge in [-0.15, -0.1) is 0 Å². The molecule has 0 aliphatic rings. The summed E-state index contributed by atoms with van der Waals surface area (Å²) in [5, 5.41) is 7.20. The fourth-order valence-electron chi connectivity index (χ4n) is 2.21. The molecule has 2 aromatic rings. The van der Waals surface area contributed by atoms with Gasteiger partial charge in [-0.25, -0.2) is 0 Å². The molecule has 0 saturated carbocycles. The van der Waals surface area contributed by atoms with Crippen molar-refractivity contribution >= 4 is 5.91 Å². The standard InChI is InChI=1S/C16H21N3O2/c1-10-15(11(2)19-18-10)9-6-13-4-7-14(8-5-13)21-12(3)16(17)20/h4-5,7-8,12H,6,9H2,1-3H3,(H2,17,20)(H,18,19). The number of amides is 1. The van der Waals surface area contributed by atoms with Crippen LogP contribution in [0.5, 0.6) is 5.75 Å². The van der Waals surface area contributed by atoms with Crippen LogP contribution >= 0.6 is 0 Å². The summed E-state index contributed by atoms with van der Waals surface area (Å²) < 4.78 is 5.43. The number of benzene rings is 1. The van der Waals surface area contributed by atoms with Crippen molar-refractivity contribution in [2.45, 2.75) is 39.7 Å². The zero-order chi connectivity index (χ0) is 15.4. The van der Waals surface area contributed by atoms with Crippen LogP contribution < -0.4 is 10.5 Å². The van der Waals surface area contributed by atoms with Crippen LogP contribution in [0.15, 0.2) is 24.3 Å². The highest BCUT2D eigenvalue weighted by Gasteiger charge is 2.10. The number of aryl methyl sites for hydroxylation is 3. The first-order chi connectivity index (χ1) is 9.97. The topological polar surface area (TPSA) is 81.0 Å². The SMILES string of the molecule is Cc1n[nH]c(C)c1CCc1ccc(OC(C)C(N)=O)cc1. The monoisotopic (exact) mass is 287 g/mol. The van der Waals surface area contributed by atoms with Crippen LogP contribution in [0.4, 0.5) is 0 Å². The first kappa shape index (κ1) is 15.1. The van der Waals surface area contributed by atoms with Gasteiger partial charge in [0, 0.05) is 5.69 Å². The van der Waals surface area contributed by atoms with Crippen LogP contribution in [0.2, 0.25) is 0 Å². The molecule has 1 heterocycles. The molecule has 0 saturated heterocycles. The molecule has 2 rings (SSSR count). The Morgan fingerprint density at radius 2 is 1.95 bits per heavy atom. The molecule has 1 unspecified atom stereocenters. The molecule has 1 atom stereocenters. The van der Waals surface area contributed by atoms with Crippen molar-refractivity contribution in [1.82, 2.24) is 10.2 Å². The summed E-state index contributed by atoms with van der Waals surface area (Å²) >= 11 is 0. The fraction of sp³-hybridized carbons (Fsp3) is 0.375. The third kappa shape index (κ3) is 3.84. The number of rotatable bonds is 6. The number of hydrogen-bond donors (Lipinski definition) is 2. The first-order valence-corrected chi connectivity index (χ1v) is 7.02. The Bertz CT molecular complexity index is 597. The Labute approximate surface area is 124 Å². The lowest BCUT2D eigenvalue weighted by atomic mass is 10.0. The summed E-state index contributed by atoms with van der Waals surface area (Å²) in [4.78, 5) is 11.0. The van der Waals surface area contributed by atoms with Gasteiger partial charge in [0.1, 0.15) is 5.75 Å². The number of aromatic nitrogens is 2. The molecular weight excluding hydrogens is 266 g/mol. The van der Waals surface area contributed by atoms with E-state index in [1.807, 2.05) is 38.1 Å². The number of primary amides is 1. The van der Waals surface area contributed by atoms with Gasteiger partial charge in [-0.05, 0) is 56.9 Å². The smallest absolute Gasteiger partial charge is 0.258 e. The molecule has 1 aromatic heterocycles. The summed E-state index contributed by atoms with van der Waals surface area (Å²) in [7, 11) is 0. The quantitative estimate of drug-likeness (QED) is 0.853. The van der Waals surface area contributed by atoms with Crippen molar-refractivity contribution in [2.75, 3.05) is 0 Å². The summed E-state index contributed by atoms with van der Waals surface area (Å²) in [6.07, 6.45) is 1.27. The molecule has 1 aromatic carbocycles. The Hall–Kier alpha value is -2.30. The number of carbonyl (C=O) groups excluding carboxylic acids is 1. The normalized spacial score (nSPS) is 12.1. The molecular formula is C16H21N3O2. The number of nitrogens with zero attached hydrogens (tertiary/aromatic N) is 1. The van der Waals surface area contributed by atoms with Crippen molar-refractivity contribution in [3.8, 4) is 5.75 Å². The zero-order valence-electron chi connectivity index (χ0n) is 12.6. The van der Waals surface area contributed by atoms with E-state index >= 15 is 0 Å². The van der Waals surface area contributed by atoms with Crippen molar-refractivity contribution in [3.05, 3.63) is 46.8 Å². The minimum Gasteiger partial charge on any atom is -0.481 e. The average molecular weight is 287 g/mol. The van der Waals surface area contributed by atoms with E-state index in [1.54, 1.807) is 6.92 Å². The third-order valence-electron chi connectivity index (χ3n) is 3.58. The molecule has 0 aliphatic heterocycles. The number of carbonyl (C=O) groups is 1. The van der Waals surface area contributed by atoms with Crippen molar-refractivity contribution < 1.29 is 9.53 Å². The molecule has 21 heavy (non-hydrogen) atoms. The van der Waals surface area contributed by atoms with Gasteiger partial charge in [-0.2, -0.15) is 5.10 Å². The van der Waals surface area contributed by atoms with E-state index in [1.165, 1.54) is 11.1 Å². The van der Waals surface area contributed by atoms with Crippen LogP contribution in [-0.4, -0.2) is 22.2 Å². The van der Waals surface area contributed by atoms with Gasteiger partial charge in [0.05, 0.1) is 5.69 Å². The molecule has 112 valence electrons. The zero-order valence-corrected chi connectivity index (χ0v) is 12.6. The van der Waals surface area contributed by atoms with E-state index < -0.39 is 12.0 Å². The number of hydrogen-bond acceptors (Lipinski definition) is 3. The predicted octanol–water partition coefficient (Wildman–Crippen LogP) is 2.06. The second kappa shape index (κ2) is 6.43. The van der Waals surface area contributed by atoms with Gasteiger partial charge in [0.2, 0.25) is 0 Å². The molecule has 0 spiro atoms. The number of nitrogens with one attached hydrogen (secondary N) is 1. The summed E-state index contributed by atoms with van der Waals surface area (Å²) in [6.45, 7) is 5.69. The Morgan fingerprint density at radius 3 is 2.48 bits per heavy atom. The fourth-order valence-corrected chi connectivity index (χ4v) is 2.21. The van der Waals surface area contributed by atoms with Crippen molar-refractivity contribution in [3.63, 3.8) is 0 Å². The summed E-state index contributed by atoms with van der Waals surface area (Å²) in [5.74, 6) is 0.186. The second-order valence-corrected chi connectivity index (χ2v) is 5.22. The number of ether oxygens (including phenoxy) is 1. The first-order valence-electron chi connectivity index (χ1n) is 7.02. The van der Waals surface area contributed by atoms with Gasteiger partial charge in [0.25, 0.3) is 5.91 Å². The van der Waals surface area contributed by atoms with Crippen molar-refractivity contribution in [1.29, 1.82) is 0 Å². The molecule has 1 amide bonds. The highest BCUT2D eigenvalue weighted by atomic mass is 16.5. The minimum absolute atomic E-state index is 0.468. The largest absolute Gasteiger partial charge is 0.481 e. The van der Waals surface area contributed by atoms with Crippen LogP contribution in [0.1, 0.15) is 29.4 Å². The minimum atomic E-state index is -0.618. The Morgan fingerprint density at radius 1 is 1.29 bits per heavy atom. The van der Waals surface area contributed by atoms with Gasteiger partial charge in [-0.3, -0.25) is 9.89 Å². The lowest BCUT2D eigenvalue weighted by Gasteiger charge is -2.11. The van der Waals surface area contributed by atoms with Crippen LogP contribution in [0.3, 0.4) is 0 Å². The number of aromatic amines is 1.